The topological polar surface area (TPSA) is 61.8 Å². The summed E-state index contributed by atoms with van der Waals surface area (Å²) < 4.78 is 6.19. The second kappa shape index (κ2) is 5.18. The summed E-state index contributed by atoms with van der Waals surface area (Å²) in [5.41, 5.74) is -0.362. The van der Waals surface area contributed by atoms with Crippen LogP contribution in [0, 0.1) is 11.3 Å². The lowest BCUT2D eigenvalue weighted by molar-refractivity contribution is -0.144. The molecule has 4 aliphatic rings. The molecule has 22 heavy (non-hydrogen) atoms. The van der Waals surface area contributed by atoms with Crippen LogP contribution in [-0.4, -0.2) is 59.9 Å². The summed E-state index contributed by atoms with van der Waals surface area (Å²) in [4.78, 5) is 13.7. The first-order chi connectivity index (χ1) is 10.5. The zero-order valence-corrected chi connectivity index (χ0v) is 13.5. The molecule has 4 fully saturated rings. The zero-order valence-electron chi connectivity index (χ0n) is 13.5. The van der Waals surface area contributed by atoms with Crippen LogP contribution in [0.25, 0.3) is 0 Å². The minimum absolute atomic E-state index is 0.0617. The second-order valence-corrected chi connectivity index (χ2v) is 8.24. The van der Waals surface area contributed by atoms with Gasteiger partial charge in [0.2, 0.25) is 0 Å². The highest BCUT2D eigenvalue weighted by Crippen LogP contribution is 2.47. The molecule has 0 aromatic rings. The van der Waals surface area contributed by atoms with Crippen molar-refractivity contribution in [2.75, 3.05) is 26.2 Å². The molecule has 0 aromatic heterocycles. The number of likely N-dealkylation sites (tertiary alicyclic amines) is 1. The van der Waals surface area contributed by atoms with Gasteiger partial charge < -0.3 is 20.1 Å². The quantitative estimate of drug-likeness (QED) is 0.805. The third-order valence-corrected chi connectivity index (χ3v) is 6.37. The number of carboxylic acid groups (broad SMARTS) is 1. The molecule has 2 heterocycles. The summed E-state index contributed by atoms with van der Waals surface area (Å²) >= 11 is 0. The minimum atomic E-state index is -0.604. The molecule has 1 spiro atoms. The van der Waals surface area contributed by atoms with Crippen LogP contribution in [0.5, 0.6) is 0 Å². The average Bonchev–Trinajstić information content (AvgIpc) is 3.37. The molecule has 2 saturated carbocycles. The van der Waals surface area contributed by atoms with Gasteiger partial charge in [0.1, 0.15) is 0 Å². The van der Waals surface area contributed by atoms with Gasteiger partial charge in [-0.05, 0) is 44.4 Å². The first-order valence-corrected chi connectivity index (χ1v) is 8.86. The highest BCUT2D eigenvalue weighted by molar-refractivity contribution is 5.78. The maximum absolute atomic E-state index is 11.3. The van der Waals surface area contributed by atoms with E-state index in [0.717, 1.165) is 64.3 Å². The number of hydrogen-bond donors (Lipinski definition) is 2. The first-order valence-electron chi connectivity index (χ1n) is 8.86. The Kier molecular flexibility index (Phi) is 3.51. The van der Waals surface area contributed by atoms with E-state index < -0.39 is 11.4 Å². The molecule has 3 atom stereocenters. The van der Waals surface area contributed by atoms with Crippen LogP contribution in [-0.2, 0) is 9.53 Å². The molecule has 0 amide bonds. The summed E-state index contributed by atoms with van der Waals surface area (Å²) in [5.74, 6) is 0.233. The lowest BCUT2D eigenvalue weighted by Gasteiger charge is -2.39. The van der Waals surface area contributed by atoms with E-state index >= 15 is 0 Å². The van der Waals surface area contributed by atoms with E-state index in [9.17, 15) is 9.90 Å². The van der Waals surface area contributed by atoms with E-state index in [0.29, 0.717) is 12.1 Å². The number of nitrogens with zero attached hydrogens (tertiary/aromatic N) is 1. The standard InChI is InChI=1S/C17H28N2O3/c1-12-8-14(12)18-13-9-17(22-10-13)4-6-19(7-5-17)11-16(2-3-16)15(20)21/h12-14,18H,2-11H2,1H3,(H,20,21)/t12-,13?,14-/m1/s1. The van der Waals surface area contributed by atoms with Crippen molar-refractivity contribution < 1.29 is 14.6 Å². The van der Waals surface area contributed by atoms with Crippen molar-refractivity contribution in [3.63, 3.8) is 0 Å². The molecule has 5 heteroatoms. The smallest absolute Gasteiger partial charge is 0.310 e. The monoisotopic (exact) mass is 308 g/mol. The molecule has 0 aromatic carbocycles. The van der Waals surface area contributed by atoms with Crippen molar-refractivity contribution in [3.05, 3.63) is 0 Å². The molecule has 2 saturated heterocycles. The Morgan fingerprint density at radius 3 is 2.55 bits per heavy atom. The van der Waals surface area contributed by atoms with Gasteiger partial charge in [-0.2, -0.15) is 0 Å². The molecule has 2 N–H and O–H groups in total. The van der Waals surface area contributed by atoms with Gasteiger partial charge in [0.25, 0.3) is 0 Å². The summed E-state index contributed by atoms with van der Waals surface area (Å²) in [6, 6.07) is 1.24. The Hall–Kier alpha value is -0.650. The number of nitrogens with one attached hydrogen (secondary N) is 1. The number of rotatable bonds is 5. The van der Waals surface area contributed by atoms with Gasteiger partial charge in [0, 0.05) is 31.7 Å². The molecule has 1 unspecified atom stereocenters. The Morgan fingerprint density at radius 2 is 2.00 bits per heavy atom. The van der Waals surface area contributed by atoms with E-state index in [1.54, 1.807) is 0 Å². The van der Waals surface area contributed by atoms with Gasteiger partial charge in [-0.25, -0.2) is 0 Å². The molecular weight excluding hydrogens is 280 g/mol. The minimum Gasteiger partial charge on any atom is -0.481 e. The number of piperidine rings is 1. The predicted molar refractivity (Wildman–Crippen MR) is 82.8 cm³/mol. The van der Waals surface area contributed by atoms with Crippen molar-refractivity contribution in [2.45, 2.75) is 63.1 Å². The Morgan fingerprint density at radius 1 is 1.32 bits per heavy atom. The van der Waals surface area contributed by atoms with Crippen molar-refractivity contribution in [1.29, 1.82) is 0 Å². The Labute approximate surface area is 132 Å². The Balaban J connectivity index is 1.26. The lowest BCUT2D eigenvalue weighted by Crippen LogP contribution is -2.47. The van der Waals surface area contributed by atoms with Crippen LogP contribution in [0.15, 0.2) is 0 Å². The fourth-order valence-electron chi connectivity index (χ4n) is 4.29. The van der Waals surface area contributed by atoms with Gasteiger partial charge in [-0.15, -0.1) is 0 Å². The van der Waals surface area contributed by atoms with E-state index in [4.69, 9.17) is 4.74 Å². The van der Waals surface area contributed by atoms with Crippen LogP contribution in [0.2, 0.25) is 0 Å². The second-order valence-electron chi connectivity index (χ2n) is 8.24. The van der Waals surface area contributed by atoms with E-state index in [1.165, 1.54) is 6.42 Å². The zero-order chi connectivity index (χ0) is 15.4. The van der Waals surface area contributed by atoms with E-state index in [2.05, 4.69) is 17.1 Å². The van der Waals surface area contributed by atoms with Crippen LogP contribution in [0.3, 0.4) is 0 Å². The van der Waals surface area contributed by atoms with E-state index in [1.807, 2.05) is 0 Å². The largest absolute Gasteiger partial charge is 0.481 e. The van der Waals surface area contributed by atoms with Crippen molar-refractivity contribution >= 4 is 5.97 Å². The highest BCUT2D eigenvalue weighted by Gasteiger charge is 2.52. The molecule has 4 rings (SSSR count). The molecule has 0 radical (unpaired) electrons. The number of hydrogen-bond acceptors (Lipinski definition) is 4. The normalized spacial score (nSPS) is 39.0. The predicted octanol–water partition coefficient (Wildman–Crippen LogP) is 1.47. The van der Waals surface area contributed by atoms with Crippen molar-refractivity contribution in [2.24, 2.45) is 11.3 Å². The maximum Gasteiger partial charge on any atom is 0.310 e. The van der Waals surface area contributed by atoms with Gasteiger partial charge >= 0.3 is 5.97 Å². The van der Waals surface area contributed by atoms with E-state index in [-0.39, 0.29) is 5.60 Å². The number of carbonyl (C=O) groups is 1. The summed E-state index contributed by atoms with van der Waals surface area (Å²) in [5, 5.41) is 13.1. The molecule has 2 aliphatic carbocycles. The number of aliphatic carboxylic acids is 1. The van der Waals surface area contributed by atoms with Crippen LogP contribution < -0.4 is 5.32 Å². The molecule has 0 bridgehead atoms. The number of carboxylic acids is 1. The molecule has 5 nitrogen and oxygen atoms in total. The SMILES string of the molecule is C[C@@H]1C[C@H]1NC1COC2(CCN(CC3(C(=O)O)CC3)CC2)C1. The number of ether oxygens (including phenoxy) is 1. The van der Waals surface area contributed by atoms with Gasteiger partial charge in [0.15, 0.2) is 0 Å². The Bertz CT molecular complexity index is 455. The summed E-state index contributed by atoms with van der Waals surface area (Å²) in [6.07, 6.45) is 6.27. The van der Waals surface area contributed by atoms with Gasteiger partial charge in [-0.3, -0.25) is 4.79 Å². The summed E-state index contributed by atoms with van der Waals surface area (Å²) in [7, 11) is 0. The van der Waals surface area contributed by atoms with Crippen molar-refractivity contribution in [3.8, 4) is 0 Å². The van der Waals surface area contributed by atoms with Crippen LogP contribution in [0.4, 0.5) is 0 Å². The van der Waals surface area contributed by atoms with Crippen molar-refractivity contribution in [1.82, 2.24) is 10.2 Å². The fraction of sp³-hybridized carbons (Fsp3) is 0.941. The lowest BCUT2D eigenvalue weighted by atomic mass is 9.87. The first kappa shape index (κ1) is 14.9. The fourth-order valence-corrected chi connectivity index (χ4v) is 4.29. The average molecular weight is 308 g/mol. The maximum atomic E-state index is 11.3. The summed E-state index contributed by atoms with van der Waals surface area (Å²) in [6.45, 7) is 5.86. The molecule has 2 aliphatic heterocycles. The van der Waals surface area contributed by atoms with Crippen LogP contribution >= 0.6 is 0 Å². The van der Waals surface area contributed by atoms with Crippen LogP contribution in [0.1, 0.15) is 45.4 Å². The van der Waals surface area contributed by atoms with Gasteiger partial charge in [-0.1, -0.05) is 6.92 Å². The third-order valence-electron chi connectivity index (χ3n) is 6.37. The highest BCUT2D eigenvalue weighted by atomic mass is 16.5. The van der Waals surface area contributed by atoms with Gasteiger partial charge in [0.05, 0.1) is 17.6 Å². The molecule has 124 valence electrons. The third kappa shape index (κ3) is 2.79. The molecular formula is C17H28N2O3.